The lowest BCUT2D eigenvalue weighted by atomic mass is 10.1. The maximum Gasteiger partial charge on any atom is 0.414 e. The number of amides is 2. The molecule has 0 aliphatic carbocycles. The van der Waals surface area contributed by atoms with Crippen molar-refractivity contribution >= 4 is 17.7 Å². The summed E-state index contributed by atoms with van der Waals surface area (Å²) in [6, 6.07) is 6.85. The van der Waals surface area contributed by atoms with Crippen molar-refractivity contribution in [3.8, 4) is 0 Å². The van der Waals surface area contributed by atoms with Gasteiger partial charge in [0.2, 0.25) is 0 Å². The summed E-state index contributed by atoms with van der Waals surface area (Å²) < 4.78 is 17.8. The molecule has 5 nitrogen and oxygen atoms in total. The SMILES string of the molecule is C=C(F)C(=O)N(C)C(C)c1cccc(N2CCOC2=O)c1. The van der Waals surface area contributed by atoms with E-state index in [2.05, 4.69) is 6.58 Å². The van der Waals surface area contributed by atoms with Gasteiger partial charge in [0.25, 0.3) is 5.91 Å². The van der Waals surface area contributed by atoms with E-state index in [0.29, 0.717) is 18.8 Å². The molecule has 0 saturated carbocycles. The van der Waals surface area contributed by atoms with Crippen LogP contribution in [0.5, 0.6) is 0 Å². The molecule has 112 valence electrons. The van der Waals surface area contributed by atoms with Gasteiger partial charge in [-0.15, -0.1) is 0 Å². The molecule has 1 aromatic carbocycles. The third kappa shape index (κ3) is 3.04. The maximum atomic E-state index is 12.9. The van der Waals surface area contributed by atoms with Crippen LogP contribution < -0.4 is 4.90 Å². The number of cyclic esters (lactones) is 1. The molecule has 1 aromatic rings. The Balaban J connectivity index is 2.22. The van der Waals surface area contributed by atoms with E-state index in [-0.39, 0.29) is 12.1 Å². The van der Waals surface area contributed by atoms with Gasteiger partial charge < -0.3 is 9.64 Å². The van der Waals surface area contributed by atoms with E-state index in [1.165, 1.54) is 16.8 Å². The first kappa shape index (κ1) is 15.0. The number of benzene rings is 1. The van der Waals surface area contributed by atoms with Gasteiger partial charge in [0.1, 0.15) is 6.61 Å². The van der Waals surface area contributed by atoms with Gasteiger partial charge in [-0.05, 0) is 24.6 Å². The number of rotatable bonds is 4. The second kappa shape index (κ2) is 5.95. The number of ether oxygens (including phenoxy) is 1. The Morgan fingerprint density at radius 1 is 1.52 bits per heavy atom. The van der Waals surface area contributed by atoms with E-state index in [1.807, 2.05) is 6.07 Å². The fourth-order valence-corrected chi connectivity index (χ4v) is 2.17. The minimum Gasteiger partial charge on any atom is -0.447 e. The van der Waals surface area contributed by atoms with Crippen LogP contribution in [0.3, 0.4) is 0 Å². The zero-order chi connectivity index (χ0) is 15.6. The summed E-state index contributed by atoms with van der Waals surface area (Å²) in [4.78, 5) is 26.0. The summed E-state index contributed by atoms with van der Waals surface area (Å²) >= 11 is 0. The van der Waals surface area contributed by atoms with Crippen LogP contribution in [0, 0.1) is 0 Å². The molecule has 1 heterocycles. The molecule has 0 spiro atoms. The van der Waals surface area contributed by atoms with Crippen molar-refractivity contribution < 1.29 is 18.7 Å². The number of hydrogen-bond donors (Lipinski definition) is 0. The molecule has 6 heteroatoms. The summed E-state index contributed by atoms with van der Waals surface area (Å²) in [6.45, 7) is 5.65. The number of likely N-dealkylation sites (N-methyl/N-ethyl adjacent to an activating group) is 1. The van der Waals surface area contributed by atoms with Crippen LogP contribution in [-0.2, 0) is 9.53 Å². The van der Waals surface area contributed by atoms with Crippen LogP contribution >= 0.6 is 0 Å². The highest BCUT2D eigenvalue weighted by Gasteiger charge is 2.25. The van der Waals surface area contributed by atoms with Gasteiger partial charge in [0.05, 0.1) is 12.6 Å². The second-order valence-electron chi connectivity index (χ2n) is 4.86. The summed E-state index contributed by atoms with van der Waals surface area (Å²) in [7, 11) is 1.51. The molecule has 2 amide bonds. The van der Waals surface area contributed by atoms with Gasteiger partial charge in [-0.3, -0.25) is 9.69 Å². The van der Waals surface area contributed by atoms with E-state index in [9.17, 15) is 14.0 Å². The number of carbonyl (C=O) groups is 2. The van der Waals surface area contributed by atoms with E-state index in [1.54, 1.807) is 25.1 Å². The van der Waals surface area contributed by atoms with Gasteiger partial charge in [-0.25, -0.2) is 9.18 Å². The molecule has 0 aromatic heterocycles. The third-order valence-corrected chi connectivity index (χ3v) is 3.56. The van der Waals surface area contributed by atoms with Crippen molar-refractivity contribution in [2.24, 2.45) is 0 Å². The first-order chi connectivity index (χ1) is 9.91. The second-order valence-corrected chi connectivity index (χ2v) is 4.86. The molecular formula is C15H17FN2O3. The normalized spacial score (nSPS) is 15.6. The molecule has 1 unspecified atom stereocenters. The molecule has 0 radical (unpaired) electrons. The van der Waals surface area contributed by atoms with Crippen LogP contribution in [0.4, 0.5) is 14.9 Å². The zero-order valence-electron chi connectivity index (χ0n) is 12.0. The van der Waals surface area contributed by atoms with Gasteiger partial charge in [-0.2, -0.15) is 0 Å². The predicted octanol–water partition coefficient (Wildman–Crippen LogP) is 2.65. The maximum absolute atomic E-state index is 12.9. The molecule has 0 bridgehead atoms. The fraction of sp³-hybridized carbons (Fsp3) is 0.333. The molecule has 1 saturated heterocycles. The number of nitrogens with zero attached hydrogens (tertiary/aromatic N) is 2. The summed E-state index contributed by atoms with van der Waals surface area (Å²) in [6.07, 6.45) is -0.388. The minimum absolute atomic E-state index is 0.344. The van der Waals surface area contributed by atoms with E-state index in [0.717, 1.165) is 5.56 Å². The van der Waals surface area contributed by atoms with Crippen molar-refractivity contribution in [1.82, 2.24) is 4.90 Å². The highest BCUT2D eigenvalue weighted by atomic mass is 19.1. The van der Waals surface area contributed by atoms with Gasteiger partial charge in [-0.1, -0.05) is 18.7 Å². The Morgan fingerprint density at radius 3 is 2.81 bits per heavy atom. The standard InChI is InChI=1S/C15H17FN2O3/c1-10(16)14(19)17(3)11(2)12-5-4-6-13(9-12)18-7-8-21-15(18)20/h4-6,9,11H,1,7-8H2,2-3H3. The van der Waals surface area contributed by atoms with Crippen molar-refractivity contribution in [2.45, 2.75) is 13.0 Å². The van der Waals surface area contributed by atoms with Crippen LogP contribution in [0.1, 0.15) is 18.5 Å². The highest BCUT2D eigenvalue weighted by molar-refractivity contribution is 5.91. The summed E-state index contributed by atoms with van der Waals surface area (Å²) in [5.74, 6) is -1.75. The van der Waals surface area contributed by atoms with Crippen molar-refractivity contribution in [1.29, 1.82) is 0 Å². The molecule has 21 heavy (non-hydrogen) atoms. The molecule has 2 rings (SSSR count). The third-order valence-electron chi connectivity index (χ3n) is 3.56. The lowest BCUT2D eigenvalue weighted by Crippen LogP contribution is -2.30. The van der Waals surface area contributed by atoms with Crippen LogP contribution in [0.2, 0.25) is 0 Å². The van der Waals surface area contributed by atoms with Crippen LogP contribution in [0.15, 0.2) is 36.7 Å². The smallest absolute Gasteiger partial charge is 0.414 e. The van der Waals surface area contributed by atoms with Gasteiger partial charge >= 0.3 is 6.09 Å². The first-order valence-electron chi connectivity index (χ1n) is 6.57. The monoisotopic (exact) mass is 292 g/mol. The minimum atomic E-state index is -0.997. The summed E-state index contributed by atoms with van der Waals surface area (Å²) in [5.41, 5.74) is 1.49. The molecule has 1 aliphatic heterocycles. The molecular weight excluding hydrogens is 275 g/mol. The number of halogens is 1. The van der Waals surface area contributed by atoms with Crippen LogP contribution in [-0.4, -0.2) is 37.1 Å². The fourth-order valence-electron chi connectivity index (χ4n) is 2.17. The lowest BCUT2D eigenvalue weighted by molar-refractivity contribution is -0.129. The average molecular weight is 292 g/mol. The van der Waals surface area contributed by atoms with Gasteiger partial charge in [0.15, 0.2) is 5.83 Å². The average Bonchev–Trinajstić information content (AvgIpc) is 2.91. The van der Waals surface area contributed by atoms with E-state index in [4.69, 9.17) is 4.74 Å². The van der Waals surface area contributed by atoms with Crippen LogP contribution in [0.25, 0.3) is 0 Å². The number of hydrogen-bond acceptors (Lipinski definition) is 3. The lowest BCUT2D eigenvalue weighted by Gasteiger charge is -2.25. The predicted molar refractivity (Wildman–Crippen MR) is 76.6 cm³/mol. The number of carbonyl (C=O) groups excluding carboxylic acids is 2. The Kier molecular flexibility index (Phi) is 4.26. The Morgan fingerprint density at radius 2 is 2.24 bits per heavy atom. The van der Waals surface area contributed by atoms with Crippen molar-refractivity contribution in [2.75, 3.05) is 25.1 Å². The van der Waals surface area contributed by atoms with E-state index < -0.39 is 11.7 Å². The van der Waals surface area contributed by atoms with E-state index >= 15 is 0 Å². The molecule has 1 atom stereocenters. The highest BCUT2D eigenvalue weighted by Crippen LogP contribution is 2.26. The zero-order valence-corrected chi connectivity index (χ0v) is 12.0. The number of anilines is 1. The summed E-state index contributed by atoms with van der Waals surface area (Å²) in [5, 5.41) is 0. The molecule has 1 fully saturated rings. The molecule has 0 N–H and O–H groups in total. The van der Waals surface area contributed by atoms with Crippen molar-refractivity contribution in [3.05, 3.63) is 42.2 Å². The topological polar surface area (TPSA) is 49.9 Å². The van der Waals surface area contributed by atoms with Gasteiger partial charge in [0, 0.05) is 12.7 Å². The first-order valence-corrected chi connectivity index (χ1v) is 6.57. The Hall–Kier alpha value is -2.37. The Bertz CT molecular complexity index is 588. The Labute approximate surface area is 122 Å². The quantitative estimate of drug-likeness (QED) is 0.802. The molecule has 1 aliphatic rings. The largest absolute Gasteiger partial charge is 0.447 e. The van der Waals surface area contributed by atoms with Crippen molar-refractivity contribution in [3.63, 3.8) is 0 Å².